The van der Waals surface area contributed by atoms with Gasteiger partial charge in [0.2, 0.25) is 6.61 Å². The van der Waals surface area contributed by atoms with Crippen LogP contribution in [0, 0.1) is 11.8 Å². The molecule has 6 atom stereocenters. The number of carbonyl (C=O) groups excluding carboxylic acids is 1. The van der Waals surface area contributed by atoms with Gasteiger partial charge in [-0.2, -0.15) is 0 Å². The van der Waals surface area contributed by atoms with Gasteiger partial charge >= 0.3 is 5.97 Å². The van der Waals surface area contributed by atoms with Crippen molar-refractivity contribution in [2.75, 3.05) is 6.61 Å². The molecule has 2 aliphatic carbocycles. The molecule has 4 aliphatic rings. The van der Waals surface area contributed by atoms with Gasteiger partial charge in [-0.25, -0.2) is 9.78 Å². The first-order valence-electron chi connectivity index (χ1n) is 14.9. The number of hydrogen-bond acceptors (Lipinski definition) is 7. The van der Waals surface area contributed by atoms with Crippen LogP contribution >= 0.6 is 0 Å². The van der Waals surface area contributed by atoms with Crippen molar-refractivity contribution in [1.29, 1.82) is 0 Å². The summed E-state index contributed by atoms with van der Waals surface area (Å²) in [4.78, 5) is 49.3. The van der Waals surface area contributed by atoms with E-state index in [-0.39, 0.29) is 11.7 Å². The second kappa shape index (κ2) is 11.3. The van der Waals surface area contributed by atoms with E-state index in [9.17, 15) is 14.4 Å². The fourth-order valence-electron chi connectivity index (χ4n) is 8.33. The summed E-state index contributed by atoms with van der Waals surface area (Å²) in [6.45, 7) is -0.761. The zero-order valence-corrected chi connectivity index (χ0v) is 22.9. The lowest BCUT2D eigenvalue weighted by molar-refractivity contribution is -0.142. The van der Waals surface area contributed by atoms with E-state index in [1.807, 2.05) is 18.2 Å². The number of piperidine rings is 2. The highest BCUT2D eigenvalue weighted by Crippen LogP contribution is 2.47. The third kappa shape index (κ3) is 5.25. The topological polar surface area (TPSA) is 140 Å². The number of amides is 1. The fraction of sp³-hybridized carbons (Fsp3) is 0.633. The summed E-state index contributed by atoms with van der Waals surface area (Å²) in [7, 11) is 0. The van der Waals surface area contributed by atoms with E-state index in [1.54, 1.807) is 10.6 Å². The Balaban J connectivity index is 1.35. The number of primary amides is 1. The number of benzene rings is 1. The molecule has 10 heteroatoms. The molecule has 1 aromatic carbocycles. The Kier molecular flexibility index (Phi) is 7.61. The molecular formula is C30H39N5O5. The summed E-state index contributed by atoms with van der Waals surface area (Å²) < 4.78 is 1.79. The number of carboxylic acids is 1. The highest BCUT2D eigenvalue weighted by Gasteiger charge is 2.45. The van der Waals surface area contributed by atoms with Crippen LogP contribution in [0.2, 0.25) is 0 Å². The summed E-state index contributed by atoms with van der Waals surface area (Å²) in [5, 5.41) is 12.5. The SMILES string of the molecule is NC(=O)/C(=N\OCC(=O)O)c1nc2ccccc2n([C@H]2C[C@H]3CCC[C@@H](C2)N3[C@@H]2C[C@@H]3CCCC[C@@H](C3)C2)c1=O. The number of oxime groups is 1. The van der Waals surface area contributed by atoms with E-state index >= 15 is 0 Å². The van der Waals surface area contributed by atoms with E-state index in [0.717, 1.165) is 37.5 Å². The lowest BCUT2D eigenvalue weighted by atomic mass is 9.73. The molecule has 1 aromatic heterocycles. The van der Waals surface area contributed by atoms with Crippen LogP contribution in [-0.2, 0) is 14.4 Å². The Bertz CT molecular complexity index is 1340. The second-order valence-corrected chi connectivity index (χ2v) is 12.3. The van der Waals surface area contributed by atoms with Crippen LogP contribution in [0.15, 0.2) is 34.2 Å². The number of rotatable bonds is 7. The van der Waals surface area contributed by atoms with Crippen LogP contribution < -0.4 is 11.3 Å². The molecule has 1 amide bonds. The first-order chi connectivity index (χ1) is 19.4. The number of nitrogens with zero attached hydrogens (tertiary/aromatic N) is 4. The molecule has 3 N–H and O–H groups in total. The van der Waals surface area contributed by atoms with Gasteiger partial charge in [-0.3, -0.25) is 14.5 Å². The largest absolute Gasteiger partial charge is 0.479 e. The number of nitrogens with two attached hydrogens (primary N) is 1. The molecule has 40 heavy (non-hydrogen) atoms. The van der Waals surface area contributed by atoms with E-state index in [2.05, 4.69) is 15.0 Å². The zero-order valence-electron chi connectivity index (χ0n) is 22.9. The molecule has 2 aromatic rings. The Morgan fingerprint density at radius 1 is 0.925 bits per heavy atom. The quantitative estimate of drug-likeness (QED) is 0.397. The maximum atomic E-state index is 14.0. The monoisotopic (exact) mass is 549 g/mol. The molecule has 214 valence electrons. The van der Waals surface area contributed by atoms with Gasteiger partial charge in [0.15, 0.2) is 11.4 Å². The average molecular weight is 550 g/mol. The van der Waals surface area contributed by atoms with Gasteiger partial charge in [0.1, 0.15) is 0 Å². The predicted octanol–water partition coefficient (Wildman–Crippen LogP) is 3.60. The maximum Gasteiger partial charge on any atom is 0.344 e. The second-order valence-electron chi connectivity index (χ2n) is 12.3. The molecule has 10 nitrogen and oxygen atoms in total. The Hall–Kier alpha value is -3.27. The van der Waals surface area contributed by atoms with E-state index in [1.165, 1.54) is 51.4 Å². The summed E-state index contributed by atoms with van der Waals surface area (Å²) in [5.74, 6) is -0.544. The van der Waals surface area contributed by atoms with Crippen molar-refractivity contribution < 1.29 is 19.5 Å². The lowest BCUT2D eigenvalue weighted by Crippen LogP contribution is -2.58. The first kappa shape index (κ1) is 26.9. The number of para-hydroxylation sites is 2. The van der Waals surface area contributed by atoms with Crippen molar-refractivity contribution >= 4 is 28.6 Å². The number of aliphatic carboxylic acids is 1. The van der Waals surface area contributed by atoms with Crippen molar-refractivity contribution in [2.24, 2.45) is 22.7 Å². The van der Waals surface area contributed by atoms with E-state index < -0.39 is 29.8 Å². The maximum absolute atomic E-state index is 14.0. The minimum atomic E-state index is -1.26. The standard InChI is InChI=1S/C30H39N5O5/c31-29(38)27(33-40-17-26(36)37)28-30(39)35(25-11-4-3-10-24(25)32-28)23-15-20-8-5-9-21(16-23)34(20)22-13-18-6-1-2-7-19(12-18)14-22/h3-4,10-11,18-23H,1-2,5-9,12-17H2,(H2,31,38)(H,36,37)/b33-27-/t18-,19+,20-,21+,22-,23+. The highest BCUT2D eigenvalue weighted by atomic mass is 16.6. The number of carboxylic acid groups (broad SMARTS) is 1. The Morgan fingerprint density at radius 3 is 2.25 bits per heavy atom. The van der Waals surface area contributed by atoms with Crippen LogP contribution in [0.4, 0.5) is 0 Å². The molecule has 0 radical (unpaired) electrons. The van der Waals surface area contributed by atoms with Gasteiger partial charge < -0.3 is 20.2 Å². The molecule has 4 fully saturated rings. The number of fused-ring (bicyclic) bond motifs is 5. The minimum absolute atomic E-state index is 0.0503. The molecule has 0 spiro atoms. The van der Waals surface area contributed by atoms with Crippen molar-refractivity contribution in [2.45, 2.75) is 101 Å². The third-order valence-corrected chi connectivity index (χ3v) is 9.74. The molecule has 2 saturated carbocycles. The smallest absolute Gasteiger partial charge is 0.344 e. The molecule has 0 unspecified atom stereocenters. The van der Waals surface area contributed by atoms with Crippen molar-refractivity contribution in [3.8, 4) is 0 Å². The average Bonchev–Trinajstić information content (AvgIpc) is 3.09. The Morgan fingerprint density at radius 2 is 1.60 bits per heavy atom. The summed E-state index contributed by atoms with van der Waals surface area (Å²) in [6, 6.07) is 8.84. The lowest BCUT2D eigenvalue weighted by Gasteiger charge is -2.54. The van der Waals surface area contributed by atoms with Gasteiger partial charge in [0, 0.05) is 24.2 Å². The fourth-order valence-corrected chi connectivity index (χ4v) is 8.33. The number of aromatic nitrogens is 2. The van der Waals surface area contributed by atoms with E-state index in [0.29, 0.717) is 29.2 Å². The van der Waals surface area contributed by atoms with Gasteiger partial charge in [-0.05, 0) is 68.9 Å². The van der Waals surface area contributed by atoms with E-state index in [4.69, 9.17) is 15.7 Å². The number of carbonyl (C=O) groups is 2. The van der Waals surface area contributed by atoms with Crippen LogP contribution in [-0.4, -0.2) is 61.9 Å². The molecule has 4 bridgehead atoms. The minimum Gasteiger partial charge on any atom is -0.479 e. The number of hydrogen-bond donors (Lipinski definition) is 2. The molecule has 2 aliphatic heterocycles. The Labute approximate surface area is 233 Å². The zero-order chi connectivity index (χ0) is 27.8. The third-order valence-electron chi connectivity index (χ3n) is 9.74. The van der Waals surface area contributed by atoms with Gasteiger partial charge in [-0.15, -0.1) is 0 Å². The highest BCUT2D eigenvalue weighted by molar-refractivity contribution is 6.44. The van der Waals surface area contributed by atoms with Gasteiger partial charge in [0.05, 0.1) is 11.0 Å². The van der Waals surface area contributed by atoms with Crippen LogP contribution in [0.25, 0.3) is 11.0 Å². The van der Waals surface area contributed by atoms with Crippen molar-refractivity contribution in [3.05, 3.63) is 40.3 Å². The van der Waals surface area contributed by atoms with Crippen LogP contribution in [0.5, 0.6) is 0 Å². The van der Waals surface area contributed by atoms with Gasteiger partial charge in [-0.1, -0.05) is 49.4 Å². The van der Waals surface area contributed by atoms with Crippen LogP contribution in [0.3, 0.4) is 0 Å². The normalized spacial score (nSPS) is 30.9. The van der Waals surface area contributed by atoms with Gasteiger partial charge in [0.25, 0.3) is 11.5 Å². The molecule has 6 rings (SSSR count). The molecule has 3 heterocycles. The predicted molar refractivity (Wildman–Crippen MR) is 150 cm³/mol. The molecular weight excluding hydrogens is 510 g/mol. The summed E-state index contributed by atoms with van der Waals surface area (Å²) >= 11 is 0. The van der Waals surface area contributed by atoms with Crippen molar-refractivity contribution in [1.82, 2.24) is 14.5 Å². The summed E-state index contributed by atoms with van der Waals surface area (Å²) in [5.41, 5.74) is 5.70. The first-order valence-corrected chi connectivity index (χ1v) is 14.9. The molecule has 2 saturated heterocycles. The van der Waals surface area contributed by atoms with Crippen molar-refractivity contribution in [3.63, 3.8) is 0 Å². The van der Waals surface area contributed by atoms with Crippen LogP contribution in [0.1, 0.15) is 88.8 Å². The summed E-state index contributed by atoms with van der Waals surface area (Å²) in [6.07, 6.45) is 14.8.